The van der Waals surface area contributed by atoms with Gasteiger partial charge in [0.1, 0.15) is 5.76 Å². The van der Waals surface area contributed by atoms with Crippen molar-refractivity contribution < 1.29 is 9.21 Å². The van der Waals surface area contributed by atoms with E-state index in [1.165, 1.54) is 0 Å². The molecule has 0 saturated heterocycles. The summed E-state index contributed by atoms with van der Waals surface area (Å²) in [6, 6.07) is 14.7. The number of halogens is 1. The molecule has 0 aliphatic heterocycles. The second kappa shape index (κ2) is 9.53. The van der Waals surface area contributed by atoms with Crippen LogP contribution in [0.3, 0.4) is 0 Å². The monoisotopic (exact) mass is 400 g/mol. The molecule has 148 valence electrons. The Kier molecular flexibility index (Phi) is 7.38. The molecule has 0 spiro atoms. The van der Waals surface area contributed by atoms with Crippen LogP contribution in [0.25, 0.3) is 22.3 Å². The number of nitrogens with one attached hydrogen (secondary N) is 2. The van der Waals surface area contributed by atoms with Crippen molar-refractivity contribution in [3.05, 3.63) is 69.9 Å². The van der Waals surface area contributed by atoms with Gasteiger partial charge in [-0.15, -0.1) is 12.4 Å². The van der Waals surface area contributed by atoms with Crippen LogP contribution in [0.5, 0.6) is 0 Å². The molecule has 28 heavy (non-hydrogen) atoms. The van der Waals surface area contributed by atoms with Crippen LogP contribution in [0.4, 0.5) is 0 Å². The van der Waals surface area contributed by atoms with Gasteiger partial charge in [0.15, 0.2) is 11.0 Å². The summed E-state index contributed by atoms with van der Waals surface area (Å²) in [7, 11) is 0. The van der Waals surface area contributed by atoms with E-state index < -0.39 is 0 Å². The Balaban J connectivity index is 0.00000280. The van der Waals surface area contributed by atoms with E-state index in [0.29, 0.717) is 34.4 Å². The Labute approximate surface area is 170 Å². The van der Waals surface area contributed by atoms with E-state index in [9.17, 15) is 9.59 Å². The van der Waals surface area contributed by atoms with Gasteiger partial charge in [0.2, 0.25) is 0 Å². The smallest absolute Gasteiger partial charge is 0.255 e. The Hall–Kier alpha value is -2.63. The average Bonchev–Trinajstić information content (AvgIpc) is 2.69. The lowest BCUT2D eigenvalue weighted by atomic mass is 10.0. The highest BCUT2D eigenvalue weighted by Gasteiger charge is 2.18. The molecule has 2 N–H and O–H groups in total. The maximum Gasteiger partial charge on any atom is 0.255 e. The first-order valence-corrected chi connectivity index (χ1v) is 9.16. The zero-order valence-electron chi connectivity index (χ0n) is 16.2. The molecule has 0 radical (unpaired) electrons. The number of amides is 1. The molecule has 1 amide bonds. The first-order valence-electron chi connectivity index (χ1n) is 9.16. The number of likely N-dealkylation sites (N-methyl/N-ethyl adjacent to an activating group) is 1. The molecule has 2 aromatic carbocycles. The predicted octanol–water partition coefficient (Wildman–Crippen LogP) is 3.92. The van der Waals surface area contributed by atoms with Gasteiger partial charge in [0.25, 0.3) is 5.91 Å². The van der Waals surface area contributed by atoms with Crippen molar-refractivity contribution in [1.29, 1.82) is 0 Å². The Morgan fingerprint density at radius 3 is 2.50 bits per heavy atom. The summed E-state index contributed by atoms with van der Waals surface area (Å²) >= 11 is 0. The molecular weight excluding hydrogens is 376 g/mol. The van der Waals surface area contributed by atoms with Gasteiger partial charge < -0.3 is 15.1 Å². The highest BCUT2D eigenvalue weighted by Crippen LogP contribution is 2.27. The van der Waals surface area contributed by atoms with Crippen LogP contribution in [0.1, 0.15) is 29.8 Å². The molecule has 0 aliphatic rings. The number of hydrogen-bond donors (Lipinski definition) is 2. The van der Waals surface area contributed by atoms with Gasteiger partial charge in [-0.3, -0.25) is 9.59 Å². The van der Waals surface area contributed by atoms with Crippen molar-refractivity contribution in [3.8, 4) is 11.3 Å². The van der Waals surface area contributed by atoms with Crippen molar-refractivity contribution in [2.45, 2.75) is 26.8 Å². The molecule has 5 nitrogen and oxygen atoms in total. The molecule has 1 heterocycles. The van der Waals surface area contributed by atoms with E-state index in [1.807, 2.05) is 44.2 Å². The third-order valence-corrected chi connectivity index (χ3v) is 4.55. The zero-order chi connectivity index (χ0) is 19.4. The summed E-state index contributed by atoms with van der Waals surface area (Å²) in [6.45, 7) is 7.10. The lowest BCUT2D eigenvalue weighted by Crippen LogP contribution is -2.38. The van der Waals surface area contributed by atoms with E-state index in [4.69, 9.17) is 4.42 Å². The number of fused-ring (bicyclic) bond motifs is 1. The molecule has 0 fully saturated rings. The summed E-state index contributed by atoms with van der Waals surface area (Å²) in [6.07, 6.45) is 0. The van der Waals surface area contributed by atoms with Crippen molar-refractivity contribution in [1.82, 2.24) is 10.6 Å². The Morgan fingerprint density at radius 2 is 1.82 bits per heavy atom. The van der Waals surface area contributed by atoms with E-state index in [0.717, 1.165) is 12.1 Å². The number of carbonyl (C=O) groups is 1. The maximum atomic E-state index is 12.8. The average molecular weight is 401 g/mol. The van der Waals surface area contributed by atoms with Crippen LogP contribution in [0, 0.1) is 6.92 Å². The van der Waals surface area contributed by atoms with Gasteiger partial charge in [-0.25, -0.2) is 0 Å². The van der Waals surface area contributed by atoms with Crippen LogP contribution in [0.15, 0.2) is 57.7 Å². The van der Waals surface area contributed by atoms with Crippen molar-refractivity contribution in [2.24, 2.45) is 0 Å². The second-order valence-electron chi connectivity index (χ2n) is 6.60. The van der Waals surface area contributed by atoms with Crippen LogP contribution in [-0.2, 0) is 0 Å². The minimum absolute atomic E-state index is 0. The number of hydrogen-bond acceptors (Lipinski definition) is 4. The second-order valence-corrected chi connectivity index (χ2v) is 6.60. The molecule has 0 saturated carbocycles. The van der Waals surface area contributed by atoms with Gasteiger partial charge >= 0.3 is 0 Å². The number of para-hydroxylation sites is 1. The first kappa shape index (κ1) is 21.7. The lowest BCUT2D eigenvalue weighted by Gasteiger charge is -2.14. The Morgan fingerprint density at radius 1 is 1.11 bits per heavy atom. The molecule has 0 aliphatic carbocycles. The van der Waals surface area contributed by atoms with E-state index in [2.05, 4.69) is 10.6 Å². The summed E-state index contributed by atoms with van der Waals surface area (Å²) in [5, 5.41) is 6.57. The molecule has 3 rings (SSSR count). The normalized spacial score (nSPS) is 11.7. The molecule has 1 aromatic heterocycles. The lowest BCUT2D eigenvalue weighted by molar-refractivity contribution is 0.0951. The van der Waals surface area contributed by atoms with Gasteiger partial charge in [0.05, 0.1) is 10.9 Å². The quantitative estimate of drug-likeness (QED) is 0.657. The summed E-state index contributed by atoms with van der Waals surface area (Å²) in [5.74, 6) is 0.241. The minimum Gasteiger partial charge on any atom is -0.455 e. The fourth-order valence-corrected chi connectivity index (χ4v) is 3.11. The van der Waals surface area contributed by atoms with Crippen LogP contribution < -0.4 is 16.1 Å². The van der Waals surface area contributed by atoms with E-state index >= 15 is 0 Å². The van der Waals surface area contributed by atoms with Crippen LogP contribution in [0.2, 0.25) is 0 Å². The van der Waals surface area contributed by atoms with Crippen molar-refractivity contribution >= 4 is 29.3 Å². The SMILES string of the molecule is CCN[C@H](C)CNC(=O)c1cccc2c(=O)c(C)c(-c3ccccc3)oc12.Cl. The van der Waals surface area contributed by atoms with Crippen LogP contribution >= 0.6 is 12.4 Å². The summed E-state index contributed by atoms with van der Waals surface area (Å²) < 4.78 is 6.09. The van der Waals surface area contributed by atoms with Gasteiger partial charge in [-0.1, -0.05) is 43.3 Å². The predicted molar refractivity (Wildman–Crippen MR) is 115 cm³/mol. The summed E-state index contributed by atoms with van der Waals surface area (Å²) in [4.78, 5) is 25.6. The third kappa shape index (κ3) is 4.43. The topological polar surface area (TPSA) is 71.3 Å². The molecule has 3 aromatic rings. The van der Waals surface area contributed by atoms with E-state index in [-0.39, 0.29) is 29.8 Å². The van der Waals surface area contributed by atoms with Crippen molar-refractivity contribution in [3.63, 3.8) is 0 Å². The highest BCUT2D eigenvalue weighted by molar-refractivity contribution is 6.05. The van der Waals surface area contributed by atoms with Gasteiger partial charge in [-0.2, -0.15) is 0 Å². The highest BCUT2D eigenvalue weighted by atomic mass is 35.5. The number of carbonyl (C=O) groups excluding carboxylic acids is 1. The maximum absolute atomic E-state index is 12.8. The molecular formula is C22H25ClN2O3. The molecule has 6 heteroatoms. The standard InChI is InChI=1S/C22H24N2O3.ClH/c1-4-23-14(2)13-24-22(26)18-12-8-11-17-19(25)15(3)20(27-21(17)18)16-9-6-5-7-10-16;/h5-12,14,23H,4,13H2,1-3H3,(H,24,26);1H/t14-;/m1./s1. The summed E-state index contributed by atoms with van der Waals surface area (Å²) in [5.41, 5.74) is 1.91. The van der Waals surface area contributed by atoms with E-state index in [1.54, 1.807) is 25.1 Å². The van der Waals surface area contributed by atoms with Gasteiger partial charge in [-0.05, 0) is 32.5 Å². The zero-order valence-corrected chi connectivity index (χ0v) is 17.1. The Bertz CT molecular complexity index is 1020. The third-order valence-electron chi connectivity index (χ3n) is 4.55. The molecule has 0 bridgehead atoms. The number of rotatable bonds is 6. The van der Waals surface area contributed by atoms with Crippen LogP contribution in [-0.4, -0.2) is 25.0 Å². The first-order chi connectivity index (χ1) is 13.0. The largest absolute Gasteiger partial charge is 0.455 e. The molecule has 0 unspecified atom stereocenters. The van der Waals surface area contributed by atoms with Gasteiger partial charge in [0, 0.05) is 23.7 Å². The fourth-order valence-electron chi connectivity index (χ4n) is 3.11. The number of benzene rings is 2. The minimum atomic E-state index is -0.253. The molecule has 1 atom stereocenters. The fraction of sp³-hybridized carbons (Fsp3) is 0.273. The van der Waals surface area contributed by atoms with Crippen molar-refractivity contribution in [2.75, 3.05) is 13.1 Å².